The van der Waals surface area contributed by atoms with Gasteiger partial charge in [-0.3, -0.25) is 9.69 Å². The van der Waals surface area contributed by atoms with E-state index in [0.29, 0.717) is 18.0 Å². The van der Waals surface area contributed by atoms with Crippen LogP contribution in [0.1, 0.15) is 34.9 Å². The van der Waals surface area contributed by atoms with E-state index in [0.717, 1.165) is 45.7 Å². The number of nitrogens with one attached hydrogen (secondary N) is 1. The Labute approximate surface area is 154 Å². The van der Waals surface area contributed by atoms with Gasteiger partial charge in [0.15, 0.2) is 0 Å². The van der Waals surface area contributed by atoms with Crippen LogP contribution < -0.4 is 5.32 Å². The fourth-order valence-electron chi connectivity index (χ4n) is 3.96. The predicted octanol–water partition coefficient (Wildman–Crippen LogP) is 2.10. The van der Waals surface area contributed by atoms with E-state index in [1.807, 2.05) is 42.9 Å². The van der Waals surface area contributed by atoms with Gasteiger partial charge in [-0.05, 0) is 30.9 Å². The van der Waals surface area contributed by atoms with Crippen molar-refractivity contribution in [2.24, 2.45) is 5.92 Å². The summed E-state index contributed by atoms with van der Waals surface area (Å²) in [4.78, 5) is 19.2. The summed E-state index contributed by atoms with van der Waals surface area (Å²) in [6.45, 7) is 5.34. The zero-order chi connectivity index (χ0) is 17.8. The largest absolute Gasteiger partial charge is 0.381 e. The second kappa shape index (κ2) is 8.01. The molecule has 1 aromatic heterocycles. The number of carbonyl (C=O) groups excluding carboxylic acids is 1. The highest BCUT2D eigenvalue weighted by atomic mass is 16.5. The number of aromatic nitrogens is 2. The van der Waals surface area contributed by atoms with Crippen LogP contribution in [0.4, 0.5) is 0 Å². The van der Waals surface area contributed by atoms with Crippen LogP contribution in [0.3, 0.4) is 0 Å². The van der Waals surface area contributed by atoms with Crippen LogP contribution in [-0.4, -0.2) is 53.2 Å². The summed E-state index contributed by atoms with van der Waals surface area (Å²) in [5.74, 6) is 0.687. The summed E-state index contributed by atoms with van der Waals surface area (Å²) < 4.78 is 7.69. The van der Waals surface area contributed by atoms with Crippen molar-refractivity contribution < 1.29 is 9.53 Å². The zero-order valence-electron chi connectivity index (χ0n) is 15.0. The summed E-state index contributed by atoms with van der Waals surface area (Å²) in [6, 6.07) is 9.60. The standard InChI is InChI=1S/C20H26N4O2/c25-20(17-4-2-1-3-5-17)22-11-19-14-23(12-16-6-8-26-9-7-16)13-18-10-21-15-24(18)19/h1-5,10,15-16,19H,6-9,11-14H2,(H,22,25)/t19-/m0/s1. The Kier molecular flexibility index (Phi) is 5.32. The maximum absolute atomic E-state index is 12.4. The van der Waals surface area contributed by atoms with Crippen LogP contribution >= 0.6 is 0 Å². The quantitative estimate of drug-likeness (QED) is 0.893. The second-order valence-corrected chi connectivity index (χ2v) is 7.27. The van der Waals surface area contributed by atoms with Crippen molar-refractivity contribution in [1.82, 2.24) is 19.8 Å². The molecule has 1 atom stereocenters. The minimum absolute atomic E-state index is 0.0196. The molecule has 0 radical (unpaired) electrons. The third-order valence-electron chi connectivity index (χ3n) is 5.39. The Morgan fingerprint density at radius 3 is 2.85 bits per heavy atom. The van der Waals surface area contributed by atoms with E-state index < -0.39 is 0 Å². The molecule has 1 amide bonds. The Hall–Kier alpha value is -2.18. The van der Waals surface area contributed by atoms with Crippen LogP contribution in [0.15, 0.2) is 42.9 Å². The van der Waals surface area contributed by atoms with Crippen molar-refractivity contribution in [1.29, 1.82) is 0 Å². The molecule has 1 fully saturated rings. The lowest BCUT2D eigenvalue weighted by Crippen LogP contribution is -2.44. The number of carbonyl (C=O) groups is 1. The molecule has 1 N–H and O–H groups in total. The normalized spacial score (nSPS) is 21.3. The maximum Gasteiger partial charge on any atom is 0.251 e. The van der Waals surface area contributed by atoms with Crippen molar-refractivity contribution in [2.75, 3.05) is 32.8 Å². The van der Waals surface area contributed by atoms with Gasteiger partial charge in [0.1, 0.15) is 0 Å². The van der Waals surface area contributed by atoms with Gasteiger partial charge in [-0.15, -0.1) is 0 Å². The number of imidazole rings is 1. The molecular formula is C20H26N4O2. The zero-order valence-corrected chi connectivity index (χ0v) is 15.0. The van der Waals surface area contributed by atoms with Gasteiger partial charge >= 0.3 is 0 Å². The number of ether oxygens (including phenoxy) is 1. The minimum atomic E-state index is -0.0196. The summed E-state index contributed by atoms with van der Waals surface area (Å²) >= 11 is 0. The van der Waals surface area contributed by atoms with Gasteiger partial charge < -0.3 is 14.6 Å². The molecule has 0 aliphatic carbocycles. The van der Waals surface area contributed by atoms with Crippen LogP contribution in [0.2, 0.25) is 0 Å². The molecule has 0 bridgehead atoms. The molecule has 6 nitrogen and oxygen atoms in total. The first-order chi connectivity index (χ1) is 12.8. The molecule has 26 heavy (non-hydrogen) atoms. The molecule has 2 aromatic rings. The lowest BCUT2D eigenvalue weighted by molar-refractivity contribution is 0.0454. The Morgan fingerprint density at radius 1 is 1.23 bits per heavy atom. The van der Waals surface area contributed by atoms with Crippen molar-refractivity contribution in [3.63, 3.8) is 0 Å². The minimum Gasteiger partial charge on any atom is -0.381 e. The summed E-state index contributed by atoms with van der Waals surface area (Å²) in [7, 11) is 0. The van der Waals surface area contributed by atoms with Gasteiger partial charge in [-0.2, -0.15) is 0 Å². The van der Waals surface area contributed by atoms with Crippen LogP contribution in [-0.2, 0) is 11.3 Å². The van der Waals surface area contributed by atoms with E-state index in [2.05, 4.69) is 19.8 Å². The number of nitrogens with zero attached hydrogens (tertiary/aromatic N) is 3. The fraction of sp³-hybridized carbons (Fsp3) is 0.500. The van der Waals surface area contributed by atoms with E-state index in [1.165, 1.54) is 5.69 Å². The highest BCUT2D eigenvalue weighted by Gasteiger charge is 2.27. The Morgan fingerprint density at radius 2 is 2.04 bits per heavy atom. The Bertz CT molecular complexity index is 724. The van der Waals surface area contributed by atoms with E-state index in [-0.39, 0.29) is 11.9 Å². The molecule has 2 aliphatic heterocycles. The number of amides is 1. The third kappa shape index (κ3) is 3.97. The molecule has 138 valence electrons. The van der Waals surface area contributed by atoms with Gasteiger partial charge in [0, 0.05) is 51.2 Å². The van der Waals surface area contributed by atoms with Crippen molar-refractivity contribution >= 4 is 5.91 Å². The van der Waals surface area contributed by atoms with Crippen LogP contribution in [0.5, 0.6) is 0 Å². The molecule has 3 heterocycles. The molecular weight excluding hydrogens is 328 g/mol. The van der Waals surface area contributed by atoms with Crippen molar-refractivity contribution in [2.45, 2.75) is 25.4 Å². The number of benzene rings is 1. The SMILES string of the molecule is O=C(NC[C@H]1CN(CC2CCOCC2)Cc2cncn21)c1ccccc1. The molecule has 2 aliphatic rings. The van der Waals surface area contributed by atoms with Crippen molar-refractivity contribution in [3.8, 4) is 0 Å². The molecule has 0 spiro atoms. The first-order valence-electron chi connectivity index (χ1n) is 9.43. The number of rotatable bonds is 5. The number of fused-ring (bicyclic) bond motifs is 1. The topological polar surface area (TPSA) is 59.4 Å². The maximum atomic E-state index is 12.4. The lowest BCUT2D eigenvalue weighted by atomic mass is 9.99. The second-order valence-electron chi connectivity index (χ2n) is 7.27. The van der Waals surface area contributed by atoms with Gasteiger partial charge in [-0.25, -0.2) is 4.98 Å². The Balaban J connectivity index is 1.39. The number of hydrogen-bond donors (Lipinski definition) is 1. The monoisotopic (exact) mass is 354 g/mol. The average Bonchev–Trinajstić information content (AvgIpc) is 3.16. The first kappa shape index (κ1) is 17.2. The molecule has 1 saturated heterocycles. The van der Waals surface area contributed by atoms with Crippen LogP contribution in [0, 0.1) is 5.92 Å². The smallest absolute Gasteiger partial charge is 0.251 e. The molecule has 0 saturated carbocycles. The van der Waals surface area contributed by atoms with E-state index in [1.54, 1.807) is 0 Å². The summed E-state index contributed by atoms with van der Waals surface area (Å²) in [5.41, 5.74) is 1.93. The highest BCUT2D eigenvalue weighted by Crippen LogP contribution is 2.24. The van der Waals surface area contributed by atoms with Gasteiger partial charge in [-0.1, -0.05) is 18.2 Å². The number of hydrogen-bond acceptors (Lipinski definition) is 4. The predicted molar refractivity (Wildman–Crippen MR) is 98.9 cm³/mol. The van der Waals surface area contributed by atoms with Crippen LogP contribution in [0.25, 0.3) is 0 Å². The molecule has 0 unspecified atom stereocenters. The van der Waals surface area contributed by atoms with Crippen molar-refractivity contribution in [3.05, 3.63) is 54.1 Å². The van der Waals surface area contributed by atoms with E-state index in [4.69, 9.17) is 4.74 Å². The molecule has 1 aromatic carbocycles. The summed E-state index contributed by atoms with van der Waals surface area (Å²) in [6.07, 6.45) is 6.12. The van der Waals surface area contributed by atoms with Gasteiger partial charge in [0.25, 0.3) is 5.91 Å². The van der Waals surface area contributed by atoms with E-state index >= 15 is 0 Å². The molecule has 6 heteroatoms. The van der Waals surface area contributed by atoms with Gasteiger partial charge in [0.05, 0.1) is 18.1 Å². The van der Waals surface area contributed by atoms with E-state index in [9.17, 15) is 4.79 Å². The third-order valence-corrected chi connectivity index (χ3v) is 5.39. The average molecular weight is 354 g/mol. The lowest BCUT2D eigenvalue weighted by Gasteiger charge is -2.37. The summed E-state index contributed by atoms with van der Waals surface area (Å²) in [5, 5.41) is 3.09. The van der Waals surface area contributed by atoms with Gasteiger partial charge in [0.2, 0.25) is 0 Å². The first-order valence-corrected chi connectivity index (χ1v) is 9.43. The highest BCUT2D eigenvalue weighted by molar-refractivity contribution is 5.94. The fourth-order valence-corrected chi connectivity index (χ4v) is 3.96. The molecule has 4 rings (SSSR count).